The van der Waals surface area contributed by atoms with Gasteiger partial charge in [0, 0.05) is 23.9 Å². The number of alkyl halides is 2. The molecule has 1 atom stereocenters. The average molecular weight is 313 g/mol. The SMILES string of the molecule is Cc1ccc(NC(=O)[C@H]2CC2(F)F)cc1-c1cc(C#N)ccn1. The molecule has 3 rings (SSSR count). The quantitative estimate of drug-likeness (QED) is 0.943. The number of nitriles is 1. The van der Waals surface area contributed by atoms with Crippen LogP contribution in [-0.2, 0) is 4.79 Å². The number of carbonyl (C=O) groups is 1. The maximum Gasteiger partial charge on any atom is 0.260 e. The Labute approximate surface area is 131 Å². The van der Waals surface area contributed by atoms with Crippen LogP contribution in [0.3, 0.4) is 0 Å². The predicted octanol–water partition coefficient (Wildman–Crippen LogP) is 3.52. The van der Waals surface area contributed by atoms with Crippen LogP contribution in [0.25, 0.3) is 11.3 Å². The Bertz CT molecular complexity index is 827. The molecule has 0 aliphatic heterocycles. The van der Waals surface area contributed by atoms with Gasteiger partial charge in [-0.3, -0.25) is 9.78 Å². The highest BCUT2D eigenvalue weighted by Gasteiger charge is 2.61. The molecule has 0 bridgehead atoms. The molecule has 2 aromatic rings. The number of hydrogen-bond acceptors (Lipinski definition) is 3. The van der Waals surface area contributed by atoms with Crippen molar-refractivity contribution >= 4 is 11.6 Å². The number of halogens is 2. The maximum absolute atomic E-state index is 12.9. The number of amides is 1. The summed E-state index contributed by atoms with van der Waals surface area (Å²) in [6, 6.07) is 10.4. The maximum atomic E-state index is 12.9. The number of hydrogen-bond donors (Lipinski definition) is 1. The molecule has 1 fully saturated rings. The van der Waals surface area contributed by atoms with Crippen molar-refractivity contribution in [3.63, 3.8) is 0 Å². The van der Waals surface area contributed by atoms with E-state index in [1.807, 2.05) is 13.0 Å². The second kappa shape index (κ2) is 5.43. The number of nitrogens with zero attached hydrogens (tertiary/aromatic N) is 2. The van der Waals surface area contributed by atoms with Crippen molar-refractivity contribution in [1.29, 1.82) is 5.26 Å². The Morgan fingerprint density at radius 3 is 2.78 bits per heavy atom. The van der Waals surface area contributed by atoms with Crippen LogP contribution >= 0.6 is 0 Å². The minimum atomic E-state index is -2.89. The number of aryl methyl sites for hydroxylation is 1. The van der Waals surface area contributed by atoms with E-state index < -0.39 is 24.2 Å². The van der Waals surface area contributed by atoms with E-state index in [0.29, 0.717) is 16.9 Å². The van der Waals surface area contributed by atoms with Crippen LogP contribution in [0.15, 0.2) is 36.5 Å². The summed E-state index contributed by atoms with van der Waals surface area (Å²) in [6.45, 7) is 1.87. The Kier molecular flexibility index (Phi) is 3.57. The molecule has 23 heavy (non-hydrogen) atoms. The standard InChI is InChI=1S/C17H13F2N3O/c1-10-2-3-12(22-16(23)14-8-17(14,18)19)7-13(10)15-6-11(9-20)4-5-21-15/h2-7,14H,8H2,1H3,(H,22,23)/t14-/m1/s1. The summed E-state index contributed by atoms with van der Waals surface area (Å²) in [5.41, 5.74) is 3.14. The van der Waals surface area contributed by atoms with Crippen LogP contribution in [-0.4, -0.2) is 16.8 Å². The molecule has 4 nitrogen and oxygen atoms in total. The van der Waals surface area contributed by atoms with E-state index in [1.165, 1.54) is 6.20 Å². The predicted molar refractivity (Wildman–Crippen MR) is 80.8 cm³/mol. The Morgan fingerprint density at radius 2 is 2.13 bits per heavy atom. The number of pyridine rings is 1. The van der Waals surface area contributed by atoms with Crippen LogP contribution in [0.4, 0.5) is 14.5 Å². The average Bonchev–Trinajstić information content (AvgIpc) is 3.18. The Morgan fingerprint density at radius 1 is 1.39 bits per heavy atom. The van der Waals surface area contributed by atoms with Gasteiger partial charge in [0.25, 0.3) is 5.92 Å². The van der Waals surface area contributed by atoms with Gasteiger partial charge in [0.2, 0.25) is 5.91 Å². The smallest absolute Gasteiger partial charge is 0.260 e. The summed E-state index contributed by atoms with van der Waals surface area (Å²) in [5, 5.41) is 11.5. The van der Waals surface area contributed by atoms with Gasteiger partial charge in [-0.05, 0) is 36.8 Å². The van der Waals surface area contributed by atoms with Crippen LogP contribution in [0.5, 0.6) is 0 Å². The first-order chi connectivity index (χ1) is 10.9. The van der Waals surface area contributed by atoms with Gasteiger partial charge in [0.05, 0.1) is 17.3 Å². The molecular formula is C17H13F2N3O. The number of rotatable bonds is 3. The molecular weight excluding hydrogens is 300 g/mol. The summed E-state index contributed by atoms with van der Waals surface area (Å²) in [6.07, 6.45) is 1.13. The van der Waals surface area contributed by atoms with Gasteiger partial charge in [0.1, 0.15) is 5.92 Å². The molecule has 1 aliphatic carbocycles. The lowest BCUT2D eigenvalue weighted by atomic mass is 10.0. The van der Waals surface area contributed by atoms with Gasteiger partial charge in [-0.15, -0.1) is 0 Å². The molecule has 1 amide bonds. The van der Waals surface area contributed by atoms with Crippen molar-refractivity contribution in [3.05, 3.63) is 47.7 Å². The van der Waals surface area contributed by atoms with Crippen molar-refractivity contribution < 1.29 is 13.6 Å². The zero-order valence-electron chi connectivity index (χ0n) is 12.3. The lowest BCUT2D eigenvalue weighted by Crippen LogP contribution is -2.17. The first kappa shape index (κ1) is 15.1. The molecule has 0 saturated heterocycles. The lowest BCUT2D eigenvalue weighted by Gasteiger charge is -2.10. The Balaban J connectivity index is 1.87. The van der Waals surface area contributed by atoms with Gasteiger partial charge < -0.3 is 5.32 Å². The molecule has 1 N–H and O–H groups in total. The molecule has 1 aromatic heterocycles. The lowest BCUT2D eigenvalue weighted by molar-refractivity contribution is -0.119. The molecule has 0 unspecified atom stereocenters. The fourth-order valence-corrected chi connectivity index (χ4v) is 2.35. The molecule has 0 spiro atoms. The van der Waals surface area contributed by atoms with E-state index in [0.717, 1.165) is 11.1 Å². The monoisotopic (exact) mass is 313 g/mol. The minimum Gasteiger partial charge on any atom is -0.326 e. The third-order valence-electron chi connectivity index (χ3n) is 3.81. The van der Waals surface area contributed by atoms with E-state index in [9.17, 15) is 13.6 Å². The van der Waals surface area contributed by atoms with E-state index in [1.54, 1.807) is 30.3 Å². The van der Waals surface area contributed by atoms with Crippen molar-refractivity contribution in [2.45, 2.75) is 19.3 Å². The van der Waals surface area contributed by atoms with Crippen molar-refractivity contribution in [1.82, 2.24) is 4.98 Å². The van der Waals surface area contributed by atoms with Crippen LogP contribution in [0.1, 0.15) is 17.5 Å². The number of anilines is 1. The fourth-order valence-electron chi connectivity index (χ4n) is 2.35. The van der Waals surface area contributed by atoms with Crippen LogP contribution < -0.4 is 5.32 Å². The largest absolute Gasteiger partial charge is 0.326 e. The summed E-state index contributed by atoms with van der Waals surface area (Å²) in [7, 11) is 0. The highest BCUT2D eigenvalue weighted by molar-refractivity contribution is 5.95. The van der Waals surface area contributed by atoms with E-state index in [2.05, 4.69) is 10.3 Å². The highest BCUT2D eigenvalue weighted by atomic mass is 19.3. The molecule has 1 aliphatic rings. The van der Waals surface area contributed by atoms with Crippen molar-refractivity contribution in [3.8, 4) is 17.3 Å². The third kappa shape index (κ3) is 3.04. The number of carbonyl (C=O) groups excluding carboxylic acids is 1. The van der Waals surface area contributed by atoms with Gasteiger partial charge in [-0.1, -0.05) is 6.07 Å². The molecule has 1 aromatic carbocycles. The van der Waals surface area contributed by atoms with Gasteiger partial charge in [-0.25, -0.2) is 8.78 Å². The topological polar surface area (TPSA) is 65.8 Å². The fraction of sp³-hybridized carbons (Fsp3) is 0.235. The van der Waals surface area contributed by atoms with Crippen molar-refractivity contribution in [2.75, 3.05) is 5.32 Å². The zero-order valence-corrected chi connectivity index (χ0v) is 12.3. The summed E-state index contributed by atoms with van der Waals surface area (Å²) in [5.74, 6) is -4.81. The first-order valence-corrected chi connectivity index (χ1v) is 7.06. The summed E-state index contributed by atoms with van der Waals surface area (Å²) in [4.78, 5) is 16.0. The van der Waals surface area contributed by atoms with Gasteiger partial charge in [0.15, 0.2) is 0 Å². The second-order valence-corrected chi connectivity index (χ2v) is 5.58. The zero-order chi connectivity index (χ0) is 16.6. The normalized spacial score (nSPS) is 18.1. The van der Waals surface area contributed by atoms with Crippen molar-refractivity contribution in [2.24, 2.45) is 5.92 Å². The molecule has 116 valence electrons. The minimum absolute atomic E-state index is 0.399. The van der Waals surface area contributed by atoms with E-state index in [-0.39, 0.29) is 0 Å². The number of benzene rings is 1. The summed E-state index contributed by atoms with van der Waals surface area (Å²) < 4.78 is 25.9. The summed E-state index contributed by atoms with van der Waals surface area (Å²) >= 11 is 0. The molecule has 1 heterocycles. The Hall–Kier alpha value is -2.81. The number of nitrogens with one attached hydrogen (secondary N) is 1. The van der Waals surface area contributed by atoms with Crippen LogP contribution in [0, 0.1) is 24.2 Å². The van der Waals surface area contributed by atoms with Gasteiger partial charge >= 0.3 is 0 Å². The molecule has 6 heteroatoms. The highest BCUT2D eigenvalue weighted by Crippen LogP contribution is 2.49. The van der Waals surface area contributed by atoms with E-state index >= 15 is 0 Å². The number of aromatic nitrogens is 1. The first-order valence-electron chi connectivity index (χ1n) is 7.06. The van der Waals surface area contributed by atoms with Gasteiger partial charge in [-0.2, -0.15) is 5.26 Å². The molecule has 0 radical (unpaired) electrons. The van der Waals surface area contributed by atoms with E-state index in [4.69, 9.17) is 5.26 Å². The molecule has 1 saturated carbocycles. The third-order valence-corrected chi connectivity index (χ3v) is 3.81. The second-order valence-electron chi connectivity index (χ2n) is 5.58. The van der Waals surface area contributed by atoms with Crippen LogP contribution in [0.2, 0.25) is 0 Å².